The van der Waals surface area contributed by atoms with Gasteiger partial charge in [-0.05, 0) is 33.1 Å². The van der Waals surface area contributed by atoms with Crippen molar-refractivity contribution in [2.45, 2.75) is 72.3 Å². The first kappa shape index (κ1) is 18.9. The van der Waals surface area contributed by atoms with Crippen LogP contribution in [-0.4, -0.2) is 24.6 Å². The lowest BCUT2D eigenvalue weighted by Crippen LogP contribution is -2.43. The lowest BCUT2D eigenvalue weighted by molar-refractivity contribution is -0.176. The minimum absolute atomic E-state index is 0.243. The molecule has 1 unspecified atom stereocenters. The molecule has 0 aromatic rings. The van der Waals surface area contributed by atoms with Crippen molar-refractivity contribution in [3.8, 4) is 0 Å². The normalized spacial score (nSPS) is 13.9. The molecule has 0 aromatic carbocycles. The predicted molar refractivity (Wildman–Crippen MR) is 79.0 cm³/mol. The molecule has 0 N–H and O–H groups in total. The van der Waals surface area contributed by atoms with Gasteiger partial charge in [0.2, 0.25) is 0 Å². The second-order valence-electron chi connectivity index (χ2n) is 5.38. The molecule has 117 valence electrons. The fourth-order valence-electron chi connectivity index (χ4n) is 2.06. The lowest BCUT2D eigenvalue weighted by atomic mass is 9.78. The third-order valence-corrected chi connectivity index (χ3v) is 3.12. The molecular formula is C16H29O4. The van der Waals surface area contributed by atoms with E-state index >= 15 is 0 Å². The Labute approximate surface area is 123 Å². The topological polar surface area (TPSA) is 52.6 Å². The monoisotopic (exact) mass is 285 g/mol. The van der Waals surface area contributed by atoms with Crippen LogP contribution >= 0.6 is 0 Å². The van der Waals surface area contributed by atoms with Gasteiger partial charge in [0.1, 0.15) is 0 Å². The van der Waals surface area contributed by atoms with Gasteiger partial charge in [0, 0.05) is 0 Å². The molecule has 0 aliphatic heterocycles. The van der Waals surface area contributed by atoms with Crippen LogP contribution in [0.25, 0.3) is 0 Å². The second kappa shape index (κ2) is 9.78. The molecule has 1 atom stereocenters. The number of carbonyl (C=O) groups is 2. The Bertz CT molecular complexity index is 299. The van der Waals surface area contributed by atoms with E-state index in [-0.39, 0.29) is 6.10 Å². The summed E-state index contributed by atoms with van der Waals surface area (Å²) in [6, 6.07) is 0. The third kappa shape index (κ3) is 5.51. The summed E-state index contributed by atoms with van der Waals surface area (Å²) in [4.78, 5) is 24.8. The summed E-state index contributed by atoms with van der Waals surface area (Å²) in [5.74, 6) is -0.923. The van der Waals surface area contributed by atoms with E-state index < -0.39 is 17.4 Å². The van der Waals surface area contributed by atoms with E-state index in [2.05, 4.69) is 6.92 Å². The van der Waals surface area contributed by atoms with E-state index in [0.717, 1.165) is 19.3 Å². The Balaban J connectivity index is 5.20. The summed E-state index contributed by atoms with van der Waals surface area (Å²) in [7, 11) is 0. The number of hydrogen-bond acceptors (Lipinski definition) is 4. The second-order valence-corrected chi connectivity index (χ2v) is 5.38. The summed E-state index contributed by atoms with van der Waals surface area (Å²) in [5, 5.41) is 0. The Morgan fingerprint density at radius 2 is 1.75 bits per heavy atom. The van der Waals surface area contributed by atoms with Gasteiger partial charge in [-0.2, -0.15) is 0 Å². The lowest BCUT2D eigenvalue weighted by Gasteiger charge is -2.30. The van der Waals surface area contributed by atoms with E-state index in [9.17, 15) is 9.59 Å². The predicted octanol–water partition coefficient (Wildman–Crippen LogP) is 3.68. The van der Waals surface area contributed by atoms with Crippen molar-refractivity contribution in [2.24, 2.45) is 5.41 Å². The largest absolute Gasteiger partial charge is 0.465 e. The first-order chi connectivity index (χ1) is 9.44. The Morgan fingerprint density at radius 1 is 1.10 bits per heavy atom. The van der Waals surface area contributed by atoms with Crippen molar-refractivity contribution in [1.82, 2.24) is 0 Å². The van der Waals surface area contributed by atoms with Crippen LogP contribution in [-0.2, 0) is 19.1 Å². The van der Waals surface area contributed by atoms with Gasteiger partial charge in [-0.15, -0.1) is 0 Å². The van der Waals surface area contributed by atoms with Gasteiger partial charge in [0.25, 0.3) is 0 Å². The van der Waals surface area contributed by atoms with E-state index in [4.69, 9.17) is 9.47 Å². The van der Waals surface area contributed by atoms with E-state index in [1.54, 1.807) is 13.8 Å². The maximum Gasteiger partial charge on any atom is 0.323 e. The van der Waals surface area contributed by atoms with Crippen molar-refractivity contribution < 1.29 is 19.1 Å². The molecule has 0 aliphatic rings. The number of hydrogen-bond donors (Lipinski definition) is 0. The first-order valence-corrected chi connectivity index (χ1v) is 7.62. The van der Waals surface area contributed by atoms with Crippen LogP contribution in [0.1, 0.15) is 66.2 Å². The quantitative estimate of drug-likeness (QED) is 0.454. The van der Waals surface area contributed by atoms with Gasteiger partial charge in [0.05, 0.1) is 12.7 Å². The molecule has 0 bridgehead atoms. The highest BCUT2D eigenvalue weighted by molar-refractivity contribution is 6.00. The zero-order valence-electron chi connectivity index (χ0n) is 13.4. The summed E-state index contributed by atoms with van der Waals surface area (Å²) >= 11 is 0. The smallest absolute Gasteiger partial charge is 0.323 e. The van der Waals surface area contributed by atoms with Gasteiger partial charge in [-0.3, -0.25) is 9.59 Å². The summed E-state index contributed by atoms with van der Waals surface area (Å²) in [6.07, 6.45) is 3.53. The number of ether oxygens (including phenoxy) is 2. The van der Waals surface area contributed by atoms with Gasteiger partial charge < -0.3 is 9.47 Å². The molecule has 0 saturated heterocycles. The van der Waals surface area contributed by atoms with Crippen LogP contribution in [0, 0.1) is 12.3 Å². The van der Waals surface area contributed by atoms with Crippen molar-refractivity contribution in [3.63, 3.8) is 0 Å². The van der Waals surface area contributed by atoms with E-state index in [1.165, 1.54) is 0 Å². The molecule has 0 aromatic heterocycles. The minimum Gasteiger partial charge on any atom is -0.465 e. The maximum absolute atomic E-state index is 12.4. The fourth-order valence-corrected chi connectivity index (χ4v) is 2.06. The first-order valence-electron chi connectivity index (χ1n) is 7.62. The van der Waals surface area contributed by atoms with Crippen molar-refractivity contribution in [1.29, 1.82) is 0 Å². The zero-order valence-corrected chi connectivity index (χ0v) is 13.4. The van der Waals surface area contributed by atoms with Crippen LogP contribution in [0.4, 0.5) is 0 Å². The molecule has 0 amide bonds. The zero-order chi connectivity index (χ0) is 15.6. The molecule has 0 spiro atoms. The van der Waals surface area contributed by atoms with Gasteiger partial charge >= 0.3 is 11.9 Å². The highest BCUT2D eigenvalue weighted by atomic mass is 16.6. The van der Waals surface area contributed by atoms with Crippen LogP contribution in [0.15, 0.2) is 0 Å². The Kier molecular flexibility index (Phi) is 9.26. The summed E-state index contributed by atoms with van der Waals surface area (Å²) in [6.45, 7) is 11.6. The van der Waals surface area contributed by atoms with Crippen molar-refractivity contribution in [2.75, 3.05) is 6.61 Å². The number of unbranched alkanes of at least 4 members (excludes halogenated alkanes) is 1. The molecule has 0 saturated carbocycles. The average molecular weight is 285 g/mol. The molecule has 0 heterocycles. The number of rotatable bonds is 10. The Morgan fingerprint density at radius 3 is 2.20 bits per heavy atom. The van der Waals surface area contributed by atoms with Crippen LogP contribution in [0.5, 0.6) is 0 Å². The molecule has 0 aliphatic carbocycles. The highest BCUT2D eigenvalue weighted by Gasteiger charge is 2.47. The molecule has 4 heteroatoms. The molecule has 1 radical (unpaired) electrons. The van der Waals surface area contributed by atoms with E-state index in [1.807, 2.05) is 13.8 Å². The summed E-state index contributed by atoms with van der Waals surface area (Å²) in [5.41, 5.74) is -1.18. The van der Waals surface area contributed by atoms with Gasteiger partial charge in [0.15, 0.2) is 5.41 Å². The molecule has 20 heavy (non-hydrogen) atoms. The fraction of sp³-hybridized carbons (Fsp3) is 0.812. The van der Waals surface area contributed by atoms with Crippen molar-refractivity contribution >= 4 is 11.9 Å². The molecule has 4 nitrogen and oxygen atoms in total. The maximum atomic E-state index is 12.4. The van der Waals surface area contributed by atoms with Crippen molar-refractivity contribution in [3.05, 3.63) is 6.92 Å². The van der Waals surface area contributed by atoms with Crippen LogP contribution in [0.3, 0.4) is 0 Å². The minimum atomic E-state index is -1.18. The van der Waals surface area contributed by atoms with E-state index in [0.29, 0.717) is 25.9 Å². The molecule has 0 rings (SSSR count). The standard InChI is InChI=1S/C16H29O4/c1-6-9-11-16(10-7-2,14(17)19-12-8-3)15(18)20-13(4)5/h13H,2,6-12H2,1,3-5H3. The number of esters is 2. The average Bonchev–Trinajstić information content (AvgIpc) is 2.39. The van der Waals surface area contributed by atoms with Crippen LogP contribution in [0.2, 0.25) is 0 Å². The highest BCUT2D eigenvalue weighted by Crippen LogP contribution is 2.34. The molecular weight excluding hydrogens is 256 g/mol. The molecule has 0 fully saturated rings. The Hall–Kier alpha value is -1.06. The third-order valence-electron chi connectivity index (χ3n) is 3.12. The number of carbonyl (C=O) groups excluding carboxylic acids is 2. The van der Waals surface area contributed by atoms with Gasteiger partial charge in [-0.25, -0.2) is 0 Å². The summed E-state index contributed by atoms with van der Waals surface area (Å²) < 4.78 is 10.5. The van der Waals surface area contributed by atoms with Gasteiger partial charge in [-0.1, -0.05) is 40.0 Å². The SMILES string of the molecule is [CH2]CCC(CCCC)(C(=O)OCCC)C(=O)OC(C)C. The van der Waals surface area contributed by atoms with Crippen LogP contribution < -0.4 is 0 Å².